The molecule has 41 heavy (non-hydrogen) atoms. The lowest BCUT2D eigenvalue weighted by Gasteiger charge is -2.26. The zero-order chi connectivity index (χ0) is 27.9. The van der Waals surface area contributed by atoms with Crippen molar-refractivity contribution in [2.45, 2.75) is 25.8 Å². The van der Waals surface area contributed by atoms with Crippen LogP contribution in [0.4, 0.5) is 17.2 Å². The number of aryl methyl sites for hydroxylation is 1. The van der Waals surface area contributed by atoms with Crippen LogP contribution in [0.3, 0.4) is 0 Å². The number of benzene rings is 2. The zero-order valence-corrected chi connectivity index (χ0v) is 22.7. The Kier molecular flexibility index (Phi) is 6.16. The molecule has 2 aliphatic heterocycles. The summed E-state index contributed by atoms with van der Waals surface area (Å²) in [7, 11) is 2.09. The molecule has 2 aromatic carbocycles. The Morgan fingerprint density at radius 2 is 2.02 bits per heavy atom. The lowest BCUT2D eigenvalue weighted by atomic mass is 10.0. The Morgan fingerprint density at radius 1 is 1.10 bits per heavy atom. The Labute approximate surface area is 236 Å². The van der Waals surface area contributed by atoms with E-state index < -0.39 is 0 Å². The van der Waals surface area contributed by atoms with Gasteiger partial charge < -0.3 is 15.0 Å². The third-order valence-electron chi connectivity index (χ3n) is 7.66. The van der Waals surface area contributed by atoms with Crippen LogP contribution in [0, 0.1) is 6.92 Å². The summed E-state index contributed by atoms with van der Waals surface area (Å²) in [6.45, 7) is 3.07. The molecule has 2 aliphatic rings. The minimum Gasteiger partial charge on any atom is -0.457 e. The number of fused-ring (bicyclic) bond motifs is 1. The van der Waals surface area contributed by atoms with E-state index in [1.807, 2.05) is 72.8 Å². The average molecular weight is 545 g/mol. The summed E-state index contributed by atoms with van der Waals surface area (Å²) in [5.41, 5.74) is 5.03. The van der Waals surface area contributed by atoms with Crippen LogP contribution in [0.2, 0.25) is 0 Å². The zero-order valence-electron chi connectivity index (χ0n) is 22.7. The number of hydrogen-bond acceptors (Lipinski definition) is 8. The van der Waals surface area contributed by atoms with Crippen molar-refractivity contribution < 1.29 is 9.53 Å². The molecule has 0 unspecified atom stereocenters. The summed E-state index contributed by atoms with van der Waals surface area (Å²) in [6.07, 6.45) is 14.7. The van der Waals surface area contributed by atoms with Gasteiger partial charge in [-0.1, -0.05) is 6.08 Å². The largest absolute Gasteiger partial charge is 0.457 e. The lowest BCUT2D eigenvalue weighted by molar-refractivity contribution is -0.111. The van der Waals surface area contributed by atoms with E-state index in [9.17, 15) is 4.79 Å². The number of likely N-dealkylation sites (tertiary alicyclic amines) is 1. The van der Waals surface area contributed by atoms with Gasteiger partial charge in [-0.25, -0.2) is 19.5 Å². The summed E-state index contributed by atoms with van der Waals surface area (Å²) in [4.78, 5) is 30.5. The summed E-state index contributed by atoms with van der Waals surface area (Å²) in [5, 5.41) is 8.07. The van der Waals surface area contributed by atoms with Gasteiger partial charge in [0.2, 0.25) is 5.91 Å². The van der Waals surface area contributed by atoms with Crippen molar-refractivity contribution in [1.29, 1.82) is 0 Å². The Morgan fingerprint density at radius 3 is 2.88 bits per heavy atom. The molecule has 5 aromatic rings. The van der Waals surface area contributed by atoms with E-state index in [2.05, 4.69) is 43.4 Å². The number of anilines is 3. The number of hydrogen-bond donors (Lipinski definition) is 1. The number of carbonyl (C=O) groups is 1. The van der Waals surface area contributed by atoms with Crippen LogP contribution in [0.15, 0.2) is 79.7 Å². The van der Waals surface area contributed by atoms with Crippen LogP contribution in [0.25, 0.3) is 22.6 Å². The quantitative estimate of drug-likeness (QED) is 0.280. The number of ether oxygens (including phenoxy) is 1. The second-order valence-electron chi connectivity index (χ2n) is 10.3. The van der Waals surface area contributed by atoms with E-state index in [-0.39, 0.29) is 5.91 Å². The molecule has 1 N–H and O–H groups in total. The van der Waals surface area contributed by atoms with E-state index in [1.54, 1.807) is 16.9 Å². The first-order valence-electron chi connectivity index (χ1n) is 13.6. The first-order chi connectivity index (χ1) is 20.0. The molecule has 0 radical (unpaired) electrons. The molecule has 5 heterocycles. The topological polar surface area (TPSA) is 101 Å². The first-order valence-corrected chi connectivity index (χ1v) is 13.6. The highest BCUT2D eigenvalue weighted by Gasteiger charge is 2.22. The highest BCUT2D eigenvalue weighted by atomic mass is 16.5. The minimum atomic E-state index is -0.149. The van der Waals surface area contributed by atoms with Crippen LogP contribution in [-0.2, 0) is 4.79 Å². The minimum absolute atomic E-state index is 0.149. The summed E-state index contributed by atoms with van der Waals surface area (Å²) in [6, 6.07) is 13.8. The number of carbonyl (C=O) groups excluding carboxylic acids is 1. The molecule has 7 rings (SSSR count). The van der Waals surface area contributed by atoms with Gasteiger partial charge in [0.1, 0.15) is 30.0 Å². The fraction of sp³-hybridized carbons (Fsp3) is 0.194. The van der Waals surface area contributed by atoms with E-state index in [4.69, 9.17) is 4.74 Å². The van der Waals surface area contributed by atoms with Crippen molar-refractivity contribution in [3.63, 3.8) is 0 Å². The highest BCUT2D eigenvalue weighted by Crippen LogP contribution is 2.40. The molecule has 1 fully saturated rings. The maximum Gasteiger partial charge on any atom is 0.248 e. The standard InChI is InChI=1S/C31H28N8O2/c1-20-16-22(5-9-27(20)41-23-11-15-39-28(17-23)33-19-35-39)38-14-12-24-25(7-8-26-30(24)31(38)34-18-32-26)36-29(40)10-6-21-4-3-13-37(21)2/h5-12,14-19,21H,3-4,13H2,1-2H3,(H,36,40)/b10-6+/t21-/m1/s1. The molecular weight excluding hydrogens is 516 g/mol. The van der Waals surface area contributed by atoms with Crippen molar-refractivity contribution in [2.24, 2.45) is 0 Å². The van der Waals surface area contributed by atoms with Crippen molar-refractivity contribution in [3.05, 3.63) is 90.8 Å². The van der Waals surface area contributed by atoms with Crippen molar-refractivity contribution in [3.8, 4) is 11.5 Å². The third-order valence-corrected chi connectivity index (χ3v) is 7.66. The third kappa shape index (κ3) is 4.68. The second kappa shape index (κ2) is 10.1. The van der Waals surface area contributed by atoms with Crippen LogP contribution < -0.4 is 15.0 Å². The normalized spacial score (nSPS) is 16.7. The molecule has 1 amide bonds. The van der Waals surface area contributed by atoms with Gasteiger partial charge in [0, 0.05) is 47.5 Å². The molecule has 0 spiro atoms. The average Bonchev–Trinajstić information content (AvgIpc) is 3.62. The van der Waals surface area contributed by atoms with Crippen LogP contribution >= 0.6 is 0 Å². The van der Waals surface area contributed by atoms with Gasteiger partial charge in [-0.3, -0.25) is 9.69 Å². The molecule has 10 nitrogen and oxygen atoms in total. The Bertz CT molecular complexity index is 1860. The molecule has 3 aromatic heterocycles. The van der Waals surface area contributed by atoms with Crippen LogP contribution in [0.5, 0.6) is 11.5 Å². The first kappa shape index (κ1) is 24.9. The van der Waals surface area contributed by atoms with E-state index >= 15 is 0 Å². The van der Waals surface area contributed by atoms with E-state index in [1.165, 1.54) is 6.33 Å². The maximum absolute atomic E-state index is 12.8. The molecular formula is C31H28N8O2. The number of aromatic nitrogens is 5. The molecule has 0 aliphatic carbocycles. The number of rotatable bonds is 6. The summed E-state index contributed by atoms with van der Waals surface area (Å²) in [5.74, 6) is 2.03. The monoisotopic (exact) mass is 544 g/mol. The molecule has 1 saturated heterocycles. The molecule has 1 atom stereocenters. The summed E-state index contributed by atoms with van der Waals surface area (Å²) < 4.78 is 7.85. The number of nitrogens with zero attached hydrogens (tertiary/aromatic N) is 7. The van der Waals surface area contributed by atoms with Crippen LogP contribution in [0.1, 0.15) is 24.0 Å². The molecule has 10 heteroatoms. The highest BCUT2D eigenvalue weighted by molar-refractivity contribution is 6.08. The number of amides is 1. The lowest BCUT2D eigenvalue weighted by Crippen LogP contribution is -2.23. The molecule has 0 saturated carbocycles. The number of nitrogens with one attached hydrogen (secondary N) is 1. The predicted molar refractivity (Wildman–Crippen MR) is 158 cm³/mol. The van der Waals surface area contributed by atoms with Gasteiger partial charge in [-0.05, 0) is 81.4 Å². The van der Waals surface area contributed by atoms with Gasteiger partial charge in [0.05, 0.1) is 10.9 Å². The SMILES string of the molecule is Cc1cc(N2C=Cc3c(NC(=O)/C=C/[C@H]4CCCN4C)ccc4ncnc2c34)ccc1Oc1ccn2ncnc2c1. The second-order valence-corrected chi connectivity index (χ2v) is 10.3. The maximum atomic E-state index is 12.8. The van der Waals surface area contributed by atoms with Crippen molar-refractivity contribution in [1.82, 2.24) is 29.5 Å². The molecule has 0 bridgehead atoms. The number of likely N-dealkylation sites (N-methyl/N-ethyl adjacent to an activating group) is 1. The van der Waals surface area contributed by atoms with Gasteiger partial charge in [0.15, 0.2) is 5.65 Å². The Hall–Kier alpha value is -5.09. The number of pyridine rings is 1. The van der Waals surface area contributed by atoms with Gasteiger partial charge in [0.25, 0.3) is 0 Å². The van der Waals surface area contributed by atoms with Crippen molar-refractivity contribution in [2.75, 3.05) is 23.8 Å². The van der Waals surface area contributed by atoms with Gasteiger partial charge in [-0.15, -0.1) is 0 Å². The smallest absolute Gasteiger partial charge is 0.248 e. The Balaban J connectivity index is 1.16. The van der Waals surface area contributed by atoms with Gasteiger partial charge in [-0.2, -0.15) is 5.10 Å². The fourth-order valence-electron chi connectivity index (χ4n) is 5.49. The van der Waals surface area contributed by atoms with Crippen LogP contribution in [-0.4, -0.2) is 55.0 Å². The van der Waals surface area contributed by atoms with Gasteiger partial charge >= 0.3 is 0 Å². The fourth-order valence-corrected chi connectivity index (χ4v) is 5.49. The van der Waals surface area contributed by atoms with Crippen molar-refractivity contribution >= 4 is 45.7 Å². The molecule has 204 valence electrons. The predicted octanol–water partition coefficient (Wildman–Crippen LogP) is 5.48. The van der Waals surface area contributed by atoms with E-state index in [0.29, 0.717) is 11.8 Å². The van der Waals surface area contributed by atoms with E-state index in [0.717, 1.165) is 70.0 Å². The summed E-state index contributed by atoms with van der Waals surface area (Å²) >= 11 is 0.